The van der Waals surface area contributed by atoms with Gasteiger partial charge in [-0.05, 0) is 12.1 Å². The molecule has 0 heterocycles. The molecule has 15 heavy (non-hydrogen) atoms. The summed E-state index contributed by atoms with van der Waals surface area (Å²) in [7, 11) is 1.30. The second-order valence-electron chi connectivity index (χ2n) is 2.84. The molecule has 1 aromatic rings. The predicted molar refractivity (Wildman–Crippen MR) is 55.5 cm³/mol. The minimum atomic E-state index is -0.539. The normalized spacial score (nSPS) is 9.40. The molecule has 3 N–H and O–H groups in total. The summed E-state index contributed by atoms with van der Waals surface area (Å²) >= 11 is 0. The molecule has 0 atom stereocenters. The number of amides is 1. The van der Waals surface area contributed by atoms with Gasteiger partial charge in [-0.3, -0.25) is 9.59 Å². The molecular formula is C10H12N2O3. The summed E-state index contributed by atoms with van der Waals surface area (Å²) in [6.07, 6.45) is 0. The van der Waals surface area contributed by atoms with Crippen LogP contribution in [0.1, 0.15) is 10.4 Å². The first-order valence-corrected chi connectivity index (χ1v) is 4.34. The van der Waals surface area contributed by atoms with Crippen LogP contribution in [0.3, 0.4) is 0 Å². The lowest BCUT2D eigenvalue weighted by molar-refractivity contribution is -0.138. The number of para-hydroxylation sites is 1. The molecule has 0 aliphatic carbocycles. The molecule has 0 aromatic heterocycles. The van der Waals surface area contributed by atoms with Gasteiger partial charge in [0.2, 0.25) is 0 Å². The van der Waals surface area contributed by atoms with Gasteiger partial charge in [0.25, 0.3) is 5.91 Å². The van der Waals surface area contributed by atoms with Gasteiger partial charge in [-0.15, -0.1) is 0 Å². The summed E-state index contributed by atoms with van der Waals surface area (Å²) in [4.78, 5) is 21.9. The average Bonchev–Trinajstić information content (AvgIpc) is 2.26. The van der Waals surface area contributed by atoms with Crippen molar-refractivity contribution in [3.05, 3.63) is 29.8 Å². The van der Waals surface area contributed by atoms with Crippen molar-refractivity contribution in [2.75, 3.05) is 19.0 Å². The zero-order valence-electron chi connectivity index (χ0n) is 8.32. The Kier molecular flexibility index (Phi) is 3.68. The Morgan fingerprint density at radius 2 is 2.07 bits per heavy atom. The maximum Gasteiger partial charge on any atom is 0.325 e. The van der Waals surface area contributed by atoms with E-state index in [1.807, 2.05) is 0 Å². The average molecular weight is 208 g/mol. The third-order valence-corrected chi connectivity index (χ3v) is 1.84. The summed E-state index contributed by atoms with van der Waals surface area (Å²) in [5.74, 6) is -0.947. The number of hydrogen-bond donors (Lipinski definition) is 2. The molecule has 0 aliphatic heterocycles. The highest BCUT2D eigenvalue weighted by Gasteiger charge is 2.07. The van der Waals surface area contributed by atoms with Gasteiger partial charge in [0, 0.05) is 5.69 Å². The Morgan fingerprint density at radius 1 is 1.40 bits per heavy atom. The molecule has 0 unspecified atom stereocenters. The van der Waals surface area contributed by atoms with Crippen LogP contribution in [0.5, 0.6) is 0 Å². The maximum atomic E-state index is 11.0. The molecule has 0 spiro atoms. The molecule has 1 amide bonds. The Bertz CT molecular complexity index is 377. The topological polar surface area (TPSA) is 81.4 Å². The standard InChI is InChI=1S/C10H12N2O3/c1-15-9(13)6-12-8-5-3-2-4-7(8)10(11)14/h2-5,12H,6H2,1H3,(H2,11,14). The number of primary amides is 1. The van der Waals surface area contributed by atoms with Crippen molar-refractivity contribution in [2.24, 2.45) is 5.73 Å². The SMILES string of the molecule is COC(=O)CNc1ccccc1C(N)=O. The molecule has 0 saturated carbocycles. The molecule has 0 saturated heterocycles. The van der Waals surface area contributed by atoms with Gasteiger partial charge in [0.1, 0.15) is 6.54 Å². The number of carbonyl (C=O) groups is 2. The van der Waals surface area contributed by atoms with Crippen LogP contribution in [0.2, 0.25) is 0 Å². The number of hydrogen-bond acceptors (Lipinski definition) is 4. The summed E-state index contributed by atoms with van der Waals surface area (Å²) in [5, 5.41) is 2.77. The molecule has 0 bridgehead atoms. The van der Waals surface area contributed by atoms with Crippen LogP contribution < -0.4 is 11.1 Å². The third kappa shape index (κ3) is 2.98. The van der Waals surface area contributed by atoms with E-state index in [2.05, 4.69) is 10.1 Å². The molecule has 5 nitrogen and oxygen atoms in total. The van der Waals surface area contributed by atoms with E-state index in [0.29, 0.717) is 11.3 Å². The van der Waals surface area contributed by atoms with Gasteiger partial charge in [0.15, 0.2) is 0 Å². The molecule has 0 aliphatic rings. The lowest BCUT2D eigenvalue weighted by Crippen LogP contribution is -2.19. The third-order valence-electron chi connectivity index (χ3n) is 1.84. The molecule has 1 aromatic carbocycles. The van der Waals surface area contributed by atoms with Gasteiger partial charge in [-0.25, -0.2) is 0 Å². The van der Waals surface area contributed by atoms with Crippen LogP contribution in [0.4, 0.5) is 5.69 Å². The van der Waals surface area contributed by atoms with E-state index in [4.69, 9.17) is 5.73 Å². The number of nitrogens with one attached hydrogen (secondary N) is 1. The van der Waals surface area contributed by atoms with Crippen LogP contribution in [0, 0.1) is 0 Å². The fourth-order valence-electron chi connectivity index (χ4n) is 1.09. The van der Waals surface area contributed by atoms with E-state index in [1.54, 1.807) is 24.3 Å². The van der Waals surface area contributed by atoms with Crippen molar-refractivity contribution >= 4 is 17.6 Å². The first-order chi connectivity index (χ1) is 7.15. The monoisotopic (exact) mass is 208 g/mol. The van der Waals surface area contributed by atoms with Crippen LogP contribution in [0.25, 0.3) is 0 Å². The number of anilines is 1. The van der Waals surface area contributed by atoms with Crippen molar-refractivity contribution in [3.8, 4) is 0 Å². The van der Waals surface area contributed by atoms with Gasteiger partial charge in [-0.2, -0.15) is 0 Å². The van der Waals surface area contributed by atoms with E-state index in [9.17, 15) is 9.59 Å². The fourth-order valence-corrected chi connectivity index (χ4v) is 1.09. The number of benzene rings is 1. The van der Waals surface area contributed by atoms with E-state index in [1.165, 1.54) is 7.11 Å². The van der Waals surface area contributed by atoms with Crippen molar-refractivity contribution in [3.63, 3.8) is 0 Å². The fraction of sp³-hybridized carbons (Fsp3) is 0.200. The number of rotatable bonds is 4. The predicted octanol–water partition coefficient (Wildman–Crippen LogP) is 0.370. The minimum absolute atomic E-state index is 0.000787. The number of esters is 1. The molecule has 1 rings (SSSR count). The zero-order valence-corrected chi connectivity index (χ0v) is 8.32. The zero-order chi connectivity index (χ0) is 11.3. The Hall–Kier alpha value is -2.04. The Labute approximate surface area is 87.2 Å². The minimum Gasteiger partial charge on any atom is -0.468 e. The van der Waals surface area contributed by atoms with Crippen molar-refractivity contribution in [1.82, 2.24) is 0 Å². The lowest BCUT2D eigenvalue weighted by Gasteiger charge is -2.08. The number of carbonyl (C=O) groups excluding carboxylic acids is 2. The van der Waals surface area contributed by atoms with Gasteiger partial charge in [-0.1, -0.05) is 12.1 Å². The number of methoxy groups -OCH3 is 1. The summed E-state index contributed by atoms with van der Waals surface area (Å²) in [6.45, 7) is 0.000787. The number of ether oxygens (including phenoxy) is 1. The first kappa shape index (κ1) is 11.0. The van der Waals surface area contributed by atoms with Crippen molar-refractivity contribution in [1.29, 1.82) is 0 Å². The van der Waals surface area contributed by atoms with Crippen LogP contribution in [0.15, 0.2) is 24.3 Å². The Morgan fingerprint density at radius 3 is 2.67 bits per heavy atom. The van der Waals surface area contributed by atoms with Crippen LogP contribution in [-0.2, 0) is 9.53 Å². The van der Waals surface area contributed by atoms with E-state index in [-0.39, 0.29) is 6.54 Å². The molecule has 80 valence electrons. The van der Waals surface area contributed by atoms with Crippen molar-refractivity contribution < 1.29 is 14.3 Å². The van der Waals surface area contributed by atoms with Gasteiger partial charge in [0.05, 0.1) is 12.7 Å². The highest BCUT2D eigenvalue weighted by atomic mass is 16.5. The summed E-state index contributed by atoms with van der Waals surface area (Å²) < 4.78 is 4.45. The second-order valence-corrected chi connectivity index (χ2v) is 2.84. The van der Waals surface area contributed by atoms with E-state index in [0.717, 1.165) is 0 Å². The van der Waals surface area contributed by atoms with E-state index < -0.39 is 11.9 Å². The summed E-state index contributed by atoms with van der Waals surface area (Å²) in [6, 6.07) is 6.69. The van der Waals surface area contributed by atoms with Crippen LogP contribution >= 0.6 is 0 Å². The second kappa shape index (κ2) is 4.99. The first-order valence-electron chi connectivity index (χ1n) is 4.34. The van der Waals surface area contributed by atoms with E-state index >= 15 is 0 Å². The summed E-state index contributed by atoms with van der Waals surface area (Å²) in [5.41, 5.74) is 6.03. The highest BCUT2D eigenvalue weighted by molar-refractivity contribution is 5.98. The smallest absolute Gasteiger partial charge is 0.325 e. The van der Waals surface area contributed by atoms with Crippen LogP contribution in [-0.4, -0.2) is 25.5 Å². The largest absolute Gasteiger partial charge is 0.468 e. The van der Waals surface area contributed by atoms with Gasteiger partial charge < -0.3 is 15.8 Å². The quantitative estimate of drug-likeness (QED) is 0.700. The molecule has 5 heteroatoms. The molecule has 0 fully saturated rings. The molecule has 0 radical (unpaired) electrons. The number of nitrogens with two attached hydrogens (primary N) is 1. The highest BCUT2D eigenvalue weighted by Crippen LogP contribution is 2.13. The lowest BCUT2D eigenvalue weighted by atomic mass is 10.1. The Balaban J connectivity index is 2.76. The van der Waals surface area contributed by atoms with Gasteiger partial charge >= 0.3 is 5.97 Å². The maximum absolute atomic E-state index is 11.0. The molecular weight excluding hydrogens is 196 g/mol. The van der Waals surface area contributed by atoms with Crippen molar-refractivity contribution in [2.45, 2.75) is 0 Å².